The van der Waals surface area contributed by atoms with Crippen LogP contribution in [0.15, 0.2) is 57.9 Å². The Morgan fingerprint density at radius 1 is 1.25 bits per heavy atom. The molecule has 24 heavy (non-hydrogen) atoms. The lowest BCUT2D eigenvalue weighted by Gasteiger charge is -2.08. The topological polar surface area (TPSA) is 72.8 Å². The first-order valence-electron chi connectivity index (χ1n) is 7.03. The van der Waals surface area contributed by atoms with E-state index in [0.29, 0.717) is 17.3 Å². The number of furan rings is 1. The standard InChI is InChI=1S/C17H16ClN3O2.HI/c1-22-16-7-6-12(9-14(16)18)21-17(19)20-10-13-8-11-4-2-3-5-15(11)23-13;/h2-9H,10H2,1H3,(H3,19,20,21);1H. The molecule has 7 heteroatoms. The van der Waals surface area contributed by atoms with Gasteiger partial charge in [0.1, 0.15) is 23.6 Å². The highest BCUT2D eigenvalue weighted by atomic mass is 127. The SMILES string of the molecule is COc1ccc(NC(N)=NCc2cc3ccccc3o2)cc1Cl.I. The van der Waals surface area contributed by atoms with Crippen LogP contribution in [0.2, 0.25) is 5.02 Å². The highest BCUT2D eigenvalue weighted by Gasteiger charge is 2.04. The highest BCUT2D eigenvalue weighted by molar-refractivity contribution is 14.0. The number of benzene rings is 2. The Morgan fingerprint density at radius 2 is 2.04 bits per heavy atom. The second kappa shape index (κ2) is 8.25. The first-order chi connectivity index (χ1) is 11.2. The Morgan fingerprint density at radius 3 is 2.75 bits per heavy atom. The third-order valence-electron chi connectivity index (χ3n) is 3.31. The predicted molar refractivity (Wildman–Crippen MR) is 109 cm³/mol. The van der Waals surface area contributed by atoms with Gasteiger partial charge in [-0.3, -0.25) is 0 Å². The van der Waals surface area contributed by atoms with E-state index in [9.17, 15) is 0 Å². The third-order valence-corrected chi connectivity index (χ3v) is 3.60. The molecular formula is C17H17ClIN3O2. The van der Waals surface area contributed by atoms with Crippen molar-refractivity contribution in [3.63, 3.8) is 0 Å². The van der Waals surface area contributed by atoms with E-state index in [2.05, 4.69) is 10.3 Å². The minimum absolute atomic E-state index is 0. The van der Waals surface area contributed by atoms with E-state index in [4.69, 9.17) is 26.5 Å². The molecule has 2 aromatic carbocycles. The van der Waals surface area contributed by atoms with Gasteiger partial charge in [-0.2, -0.15) is 0 Å². The van der Waals surface area contributed by atoms with E-state index in [0.717, 1.165) is 22.4 Å². The zero-order valence-corrected chi connectivity index (χ0v) is 16.0. The fourth-order valence-corrected chi connectivity index (χ4v) is 2.47. The second-order valence-corrected chi connectivity index (χ2v) is 5.33. The van der Waals surface area contributed by atoms with Crippen molar-refractivity contribution in [2.45, 2.75) is 6.54 Å². The number of methoxy groups -OCH3 is 1. The summed E-state index contributed by atoms with van der Waals surface area (Å²) in [5.41, 5.74) is 7.47. The zero-order valence-electron chi connectivity index (χ0n) is 13.0. The van der Waals surface area contributed by atoms with E-state index in [1.807, 2.05) is 36.4 Å². The Bertz CT molecular complexity index is 831. The molecule has 3 rings (SSSR count). The van der Waals surface area contributed by atoms with Crippen molar-refractivity contribution in [3.05, 3.63) is 59.3 Å². The van der Waals surface area contributed by atoms with Crippen molar-refractivity contribution in [2.75, 3.05) is 12.4 Å². The van der Waals surface area contributed by atoms with E-state index in [-0.39, 0.29) is 29.9 Å². The van der Waals surface area contributed by atoms with Gasteiger partial charge in [-0.15, -0.1) is 24.0 Å². The average molecular weight is 458 g/mol. The van der Waals surface area contributed by atoms with Gasteiger partial charge in [0.15, 0.2) is 5.96 Å². The monoisotopic (exact) mass is 457 g/mol. The van der Waals surface area contributed by atoms with Crippen molar-refractivity contribution in [2.24, 2.45) is 10.7 Å². The normalized spacial score (nSPS) is 11.2. The van der Waals surface area contributed by atoms with Gasteiger partial charge in [-0.25, -0.2) is 4.99 Å². The Kier molecular flexibility index (Phi) is 6.33. The molecule has 0 radical (unpaired) electrons. The number of guanidine groups is 1. The number of nitrogens with one attached hydrogen (secondary N) is 1. The number of halogens is 2. The Balaban J connectivity index is 0.00000208. The summed E-state index contributed by atoms with van der Waals surface area (Å²) < 4.78 is 10.8. The smallest absolute Gasteiger partial charge is 0.193 e. The van der Waals surface area contributed by atoms with Crippen LogP contribution in [0.3, 0.4) is 0 Å². The fraction of sp³-hybridized carbons (Fsp3) is 0.118. The maximum atomic E-state index is 6.07. The molecule has 0 unspecified atom stereocenters. The number of rotatable bonds is 4. The van der Waals surface area contributed by atoms with Gasteiger partial charge in [0.25, 0.3) is 0 Å². The van der Waals surface area contributed by atoms with Crippen LogP contribution in [-0.4, -0.2) is 13.1 Å². The molecule has 0 aliphatic carbocycles. The van der Waals surface area contributed by atoms with E-state index < -0.39 is 0 Å². The summed E-state index contributed by atoms with van der Waals surface area (Å²) in [4.78, 5) is 4.27. The first-order valence-corrected chi connectivity index (χ1v) is 7.41. The van der Waals surface area contributed by atoms with Crippen LogP contribution in [0.25, 0.3) is 11.0 Å². The lowest BCUT2D eigenvalue weighted by atomic mass is 10.2. The van der Waals surface area contributed by atoms with E-state index >= 15 is 0 Å². The van der Waals surface area contributed by atoms with Crippen LogP contribution < -0.4 is 15.8 Å². The van der Waals surface area contributed by atoms with Crippen LogP contribution >= 0.6 is 35.6 Å². The van der Waals surface area contributed by atoms with Crippen LogP contribution in [0.1, 0.15) is 5.76 Å². The number of anilines is 1. The van der Waals surface area contributed by atoms with Crippen LogP contribution in [0, 0.1) is 0 Å². The molecule has 0 fully saturated rings. The molecule has 0 saturated carbocycles. The van der Waals surface area contributed by atoms with Crippen molar-refractivity contribution in [1.29, 1.82) is 0 Å². The molecule has 0 aliphatic rings. The summed E-state index contributed by atoms with van der Waals surface area (Å²) in [7, 11) is 1.57. The van der Waals surface area contributed by atoms with Crippen LogP contribution in [0.5, 0.6) is 5.75 Å². The van der Waals surface area contributed by atoms with E-state index in [1.54, 1.807) is 19.2 Å². The minimum Gasteiger partial charge on any atom is -0.495 e. The zero-order chi connectivity index (χ0) is 16.2. The molecule has 5 nitrogen and oxygen atoms in total. The molecule has 0 amide bonds. The maximum absolute atomic E-state index is 6.07. The predicted octanol–water partition coefficient (Wildman–Crippen LogP) is 4.64. The second-order valence-electron chi connectivity index (χ2n) is 4.93. The number of fused-ring (bicyclic) bond motifs is 1. The Hall–Kier alpha value is -1.93. The van der Waals surface area contributed by atoms with Crippen molar-refractivity contribution < 1.29 is 9.15 Å². The molecule has 3 aromatic rings. The third kappa shape index (κ3) is 4.33. The molecule has 0 saturated heterocycles. The summed E-state index contributed by atoms with van der Waals surface area (Å²) in [5, 5.41) is 4.53. The van der Waals surface area contributed by atoms with Gasteiger partial charge in [0.2, 0.25) is 0 Å². The molecule has 126 valence electrons. The highest BCUT2D eigenvalue weighted by Crippen LogP contribution is 2.27. The van der Waals surface area contributed by atoms with Gasteiger partial charge >= 0.3 is 0 Å². The summed E-state index contributed by atoms with van der Waals surface area (Å²) in [6.45, 7) is 0.359. The van der Waals surface area contributed by atoms with E-state index in [1.165, 1.54) is 0 Å². The molecule has 1 aromatic heterocycles. The number of hydrogen-bond acceptors (Lipinski definition) is 3. The van der Waals surface area contributed by atoms with Gasteiger partial charge in [-0.1, -0.05) is 29.8 Å². The molecule has 0 atom stereocenters. The number of ether oxygens (including phenoxy) is 1. The Labute approximate surface area is 161 Å². The van der Waals surface area contributed by atoms with Crippen molar-refractivity contribution in [3.8, 4) is 5.75 Å². The number of nitrogens with zero attached hydrogens (tertiary/aromatic N) is 1. The number of nitrogens with two attached hydrogens (primary N) is 1. The van der Waals surface area contributed by atoms with Gasteiger partial charge < -0.3 is 20.2 Å². The van der Waals surface area contributed by atoms with Crippen molar-refractivity contribution >= 4 is 58.2 Å². The fourth-order valence-electron chi connectivity index (χ4n) is 2.21. The summed E-state index contributed by atoms with van der Waals surface area (Å²) >= 11 is 6.07. The summed E-state index contributed by atoms with van der Waals surface area (Å²) in [6, 6.07) is 15.1. The van der Waals surface area contributed by atoms with Crippen molar-refractivity contribution in [1.82, 2.24) is 0 Å². The molecule has 3 N–H and O–H groups in total. The molecular weight excluding hydrogens is 441 g/mol. The maximum Gasteiger partial charge on any atom is 0.193 e. The van der Waals surface area contributed by atoms with Crippen LogP contribution in [0.4, 0.5) is 5.69 Å². The average Bonchev–Trinajstić information content (AvgIpc) is 2.96. The number of hydrogen-bond donors (Lipinski definition) is 2. The summed E-state index contributed by atoms with van der Waals surface area (Å²) in [6.07, 6.45) is 0. The van der Waals surface area contributed by atoms with Gasteiger partial charge in [0.05, 0.1) is 12.1 Å². The first kappa shape index (κ1) is 18.4. The molecule has 0 aliphatic heterocycles. The molecule has 0 bridgehead atoms. The minimum atomic E-state index is 0. The number of aliphatic imine (C=N–C) groups is 1. The van der Waals surface area contributed by atoms with Gasteiger partial charge in [-0.05, 0) is 30.3 Å². The molecule has 0 spiro atoms. The quantitative estimate of drug-likeness (QED) is 0.340. The summed E-state index contributed by atoms with van der Waals surface area (Å²) in [5.74, 6) is 1.64. The lowest BCUT2D eigenvalue weighted by molar-refractivity contribution is 0.415. The molecule has 1 heterocycles. The van der Waals surface area contributed by atoms with Crippen LogP contribution in [-0.2, 0) is 6.54 Å². The lowest BCUT2D eigenvalue weighted by Crippen LogP contribution is -2.22. The number of para-hydroxylation sites is 1. The van der Waals surface area contributed by atoms with Gasteiger partial charge in [0, 0.05) is 11.1 Å². The largest absolute Gasteiger partial charge is 0.495 e.